The van der Waals surface area contributed by atoms with Gasteiger partial charge >= 0.3 is 0 Å². The van der Waals surface area contributed by atoms with Crippen LogP contribution in [0.15, 0.2) is 55.1 Å². The van der Waals surface area contributed by atoms with Crippen LogP contribution in [0.3, 0.4) is 0 Å². The van der Waals surface area contributed by atoms with E-state index in [1.54, 1.807) is 30.3 Å². The van der Waals surface area contributed by atoms with E-state index in [2.05, 4.69) is 6.58 Å². The zero-order valence-corrected chi connectivity index (χ0v) is 9.63. The van der Waals surface area contributed by atoms with Crippen molar-refractivity contribution >= 4 is 11.4 Å². The number of hydrogen-bond acceptors (Lipinski definition) is 3. The summed E-state index contributed by atoms with van der Waals surface area (Å²) in [5.74, 6) is -0.275. The quantitative estimate of drug-likeness (QED) is 0.640. The fourth-order valence-corrected chi connectivity index (χ4v) is 1.62. The minimum absolute atomic E-state index is 0.0672. The van der Waals surface area contributed by atoms with E-state index < -0.39 is 0 Å². The number of Topliss-reactive ketones (excluding diaryl/α,β-unsaturated/α-hetero) is 1. The van der Waals surface area contributed by atoms with Crippen molar-refractivity contribution in [2.24, 2.45) is 0 Å². The predicted octanol–water partition coefficient (Wildman–Crippen LogP) is 2.99. The Balaban J connectivity index is 2.33. The van der Waals surface area contributed by atoms with Crippen LogP contribution in [0.2, 0.25) is 0 Å². The van der Waals surface area contributed by atoms with E-state index >= 15 is 0 Å². The number of phenols is 2. The van der Waals surface area contributed by atoms with E-state index in [4.69, 9.17) is 0 Å². The van der Waals surface area contributed by atoms with Crippen LogP contribution >= 0.6 is 0 Å². The van der Waals surface area contributed by atoms with Gasteiger partial charge in [-0.1, -0.05) is 30.8 Å². The molecule has 0 aromatic heterocycles. The van der Waals surface area contributed by atoms with Crippen molar-refractivity contribution in [3.8, 4) is 11.5 Å². The minimum atomic E-state index is -0.334. The van der Waals surface area contributed by atoms with Gasteiger partial charge in [-0.15, -0.1) is 0 Å². The lowest BCUT2D eigenvalue weighted by Gasteiger charge is -2.07. The molecule has 0 bridgehead atoms. The fourth-order valence-electron chi connectivity index (χ4n) is 1.62. The molecule has 0 fully saturated rings. The van der Waals surface area contributed by atoms with E-state index in [1.165, 1.54) is 18.2 Å². The molecule has 2 aromatic rings. The topological polar surface area (TPSA) is 57.5 Å². The number of rotatable bonds is 3. The maximum atomic E-state index is 12.1. The first-order valence-electron chi connectivity index (χ1n) is 5.40. The average molecular weight is 240 g/mol. The normalized spacial score (nSPS) is 10.0. The van der Waals surface area contributed by atoms with Gasteiger partial charge in [-0.05, 0) is 29.8 Å². The van der Waals surface area contributed by atoms with E-state index in [1.807, 2.05) is 0 Å². The molecule has 3 nitrogen and oxygen atoms in total. The summed E-state index contributed by atoms with van der Waals surface area (Å²) in [7, 11) is 0. The molecule has 0 unspecified atom stereocenters. The summed E-state index contributed by atoms with van der Waals surface area (Å²) < 4.78 is 0. The Morgan fingerprint density at radius 3 is 2.17 bits per heavy atom. The minimum Gasteiger partial charge on any atom is -0.508 e. The Morgan fingerprint density at radius 1 is 0.944 bits per heavy atom. The first-order chi connectivity index (χ1) is 8.59. The van der Waals surface area contributed by atoms with Crippen LogP contribution in [0.5, 0.6) is 11.5 Å². The third-order valence-electron chi connectivity index (χ3n) is 2.64. The van der Waals surface area contributed by atoms with Gasteiger partial charge in [0, 0.05) is 5.57 Å². The monoisotopic (exact) mass is 240 g/mol. The van der Waals surface area contributed by atoms with Gasteiger partial charge in [0.25, 0.3) is 0 Å². The lowest BCUT2D eigenvalue weighted by atomic mass is 9.98. The van der Waals surface area contributed by atoms with Crippen LogP contribution in [0, 0.1) is 0 Å². The number of para-hydroxylation sites is 1. The molecule has 0 atom stereocenters. The summed E-state index contributed by atoms with van der Waals surface area (Å²) >= 11 is 0. The number of ketones is 1. The van der Waals surface area contributed by atoms with Gasteiger partial charge < -0.3 is 10.2 Å². The van der Waals surface area contributed by atoms with E-state index in [0.717, 1.165) is 0 Å². The van der Waals surface area contributed by atoms with Crippen molar-refractivity contribution in [2.45, 2.75) is 0 Å². The SMILES string of the molecule is C=C(C(=O)c1ccccc1O)c1ccc(O)cc1. The van der Waals surface area contributed by atoms with Crippen molar-refractivity contribution < 1.29 is 15.0 Å². The number of hydrogen-bond donors (Lipinski definition) is 2. The standard InChI is InChI=1S/C15H12O3/c1-10(11-6-8-12(16)9-7-11)15(18)13-4-2-3-5-14(13)17/h2-9,16-17H,1H2. The molecular formula is C15H12O3. The first-order valence-corrected chi connectivity index (χ1v) is 5.40. The third-order valence-corrected chi connectivity index (χ3v) is 2.64. The van der Waals surface area contributed by atoms with Crippen LogP contribution in [0.25, 0.3) is 5.57 Å². The zero-order valence-electron chi connectivity index (χ0n) is 9.63. The zero-order chi connectivity index (χ0) is 13.1. The third kappa shape index (κ3) is 2.25. The smallest absolute Gasteiger partial charge is 0.196 e. The number of carbonyl (C=O) groups excluding carboxylic acids is 1. The van der Waals surface area contributed by atoms with Gasteiger partial charge in [0.15, 0.2) is 5.78 Å². The number of aromatic hydroxyl groups is 2. The molecule has 2 rings (SSSR count). The molecular weight excluding hydrogens is 228 g/mol. The van der Waals surface area contributed by atoms with Crippen molar-refractivity contribution in [1.82, 2.24) is 0 Å². The maximum absolute atomic E-state index is 12.1. The molecule has 2 N–H and O–H groups in total. The van der Waals surface area contributed by atoms with Gasteiger partial charge in [0.1, 0.15) is 11.5 Å². The molecule has 18 heavy (non-hydrogen) atoms. The van der Waals surface area contributed by atoms with Crippen molar-refractivity contribution in [3.63, 3.8) is 0 Å². The largest absolute Gasteiger partial charge is 0.508 e. The lowest BCUT2D eigenvalue weighted by Crippen LogP contribution is -2.01. The van der Waals surface area contributed by atoms with Crippen LogP contribution < -0.4 is 0 Å². The lowest BCUT2D eigenvalue weighted by molar-refractivity contribution is 0.105. The molecule has 3 heteroatoms. The van der Waals surface area contributed by atoms with Crippen LogP contribution in [-0.4, -0.2) is 16.0 Å². The molecule has 0 heterocycles. The summed E-state index contributed by atoms with van der Waals surface area (Å²) in [4.78, 5) is 12.1. The Bertz CT molecular complexity index is 597. The number of carbonyl (C=O) groups is 1. The molecule has 2 aromatic carbocycles. The highest BCUT2D eigenvalue weighted by Crippen LogP contribution is 2.24. The van der Waals surface area contributed by atoms with Gasteiger partial charge in [0.2, 0.25) is 0 Å². The van der Waals surface area contributed by atoms with Crippen LogP contribution in [0.4, 0.5) is 0 Å². The summed E-state index contributed by atoms with van der Waals surface area (Å²) in [6.07, 6.45) is 0. The molecule has 0 spiro atoms. The van der Waals surface area contributed by atoms with Gasteiger partial charge in [-0.25, -0.2) is 0 Å². The second-order valence-corrected chi connectivity index (χ2v) is 3.87. The summed E-state index contributed by atoms with van der Waals surface area (Å²) in [6.45, 7) is 3.73. The Hall–Kier alpha value is -2.55. The first kappa shape index (κ1) is 11.9. The number of phenolic OH excluding ortho intramolecular Hbond substituents is 2. The number of benzene rings is 2. The van der Waals surface area contributed by atoms with E-state index in [0.29, 0.717) is 5.56 Å². The second kappa shape index (κ2) is 4.75. The van der Waals surface area contributed by atoms with Crippen LogP contribution in [0.1, 0.15) is 15.9 Å². The van der Waals surface area contributed by atoms with E-state index in [9.17, 15) is 15.0 Å². The van der Waals surface area contributed by atoms with Gasteiger partial charge in [0.05, 0.1) is 5.56 Å². The molecule has 0 amide bonds. The predicted molar refractivity (Wildman–Crippen MR) is 69.6 cm³/mol. The van der Waals surface area contributed by atoms with Crippen molar-refractivity contribution in [2.75, 3.05) is 0 Å². The Morgan fingerprint density at radius 2 is 1.56 bits per heavy atom. The summed E-state index contributed by atoms with van der Waals surface area (Å²) in [6, 6.07) is 12.5. The molecule has 0 aliphatic heterocycles. The second-order valence-electron chi connectivity index (χ2n) is 3.87. The van der Waals surface area contributed by atoms with E-state index in [-0.39, 0.29) is 28.4 Å². The highest BCUT2D eigenvalue weighted by molar-refractivity contribution is 6.29. The van der Waals surface area contributed by atoms with Crippen molar-refractivity contribution in [3.05, 3.63) is 66.2 Å². The highest BCUT2D eigenvalue weighted by atomic mass is 16.3. The van der Waals surface area contributed by atoms with Crippen molar-refractivity contribution in [1.29, 1.82) is 0 Å². The Labute approximate surface area is 105 Å². The molecule has 0 saturated heterocycles. The average Bonchev–Trinajstić information content (AvgIpc) is 2.38. The number of allylic oxidation sites excluding steroid dienone is 1. The van der Waals surface area contributed by atoms with Gasteiger partial charge in [-0.3, -0.25) is 4.79 Å². The van der Waals surface area contributed by atoms with Crippen LogP contribution in [-0.2, 0) is 0 Å². The molecule has 0 aliphatic rings. The molecule has 0 radical (unpaired) electrons. The highest BCUT2D eigenvalue weighted by Gasteiger charge is 2.15. The van der Waals surface area contributed by atoms with Gasteiger partial charge in [-0.2, -0.15) is 0 Å². The maximum Gasteiger partial charge on any atom is 0.196 e. The Kier molecular flexibility index (Phi) is 3.15. The molecule has 0 saturated carbocycles. The molecule has 0 aliphatic carbocycles. The molecule has 90 valence electrons. The fraction of sp³-hybridized carbons (Fsp3) is 0. The summed E-state index contributed by atoms with van der Waals surface area (Å²) in [5.41, 5.74) is 1.10. The summed E-state index contributed by atoms with van der Waals surface area (Å²) in [5, 5.41) is 18.8.